The third kappa shape index (κ3) is 20.2. The maximum absolute atomic E-state index is 4.20. The van der Waals surface area contributed by atoms with E-state index in [0.29, 0.717) is 0 Å². The number of nitrogens with zero attached hydrogens (tertiary/aromatic N) is 2. The summed E-state index contributed by atoms with van der Waals surface area (Å²) in [6, 6.07) is 8.82. The van der Waals surface area contributed by atoms with E-state index in [1.807, 2.05) is 18.5 Å². The second-order valence-electron chi connectivity index (χ2n) is 11.1. The van der Waals surface area contributed by atoms with Gasteiger partial charge >= 0.3 is 0 Å². The van der Waals surface area contributed by atoms with Gasteiger partial charge in [0.25, 0.3) is 0 Å². The van der Waals surface area contributed by atoms with E-state index in [0.717, 1.165) is 0 Å². The first kappa shape index (κ1) is 35.3. The summed E-state index contributed by atoms with van der Waals surface area (Å²) < 4.78 is 2.43. The fraction of sp³-hybridized carbons (Fsp3) is 0.706. The van der Waals surface area contributed by atoms with Crippen molar-refractivity contribution in [1.82, 2.24) is 4.98 Å². The molecule has 0 radical (unpaired) electrons. The number of hydrogen-bond donors (Lipinski definition) is 0. The molecule has 2 nitrogen and oxygen atoms in total. The van der Waals surface area contributed by atoms with Gasteiger partial charge in [0, 0.05) is 35.8 Å². The summed E-state index contributed by atoms with van der Waals surface area (Å²) in [5.41, 5.74) is 2.91. The first-order chi connectivity index (χ1) is 18.4. The molecule has 0 saturated heterocycles. The van der Waals surface area contributed by atoms with Gasteiger partial charge < -0.3 is 17.0 Å². The van der Waals surface area contributed by atoms with Crippen LogP contribution in [-0.4, -0.2) is 10.3 Å². The highest BCUT2D eigenvalue weighted by Gasteiger charge is 2.03. The van der Waals surface area contributed by atoms with E-state index in [2.05, 4.69) is 56.1 Å². The average molecular weight is 653 g/mol. The van der Waals surface area contributed by atoms with Crippen molar-refractivity contribution in [3.05, 3.63) is 60.2 Å². The number of rotatable bonds is 25. The van der Waals surface area contributed by atoms with Crippen LogP contribution in [-0.2, 0) is 19.4 Å². The molecule has 38 heavy (non-hydrogen) atoms. The molecule has 2 heterocycles. The minimum atomic E-state index is 0. The van der Waals surface area contributed by atoms with Crippen LogP contribution in [0.2, 0.25) is 0 Å². The Balaban J connectivity index is 0.00000722. The van der Waals surface area contributed by atoms with Crippen molar-refractivity contribution in [2.75, 3.05) is 5.33 Å². The van der Waals surface area contributed by atoms with Gasteiger partial charge in [0.1, 0.15) is 6.54 Å². The van der Waals surface area contributed by atoms with Gasteiger partial charge in [-0.1, -0.05) is 118 Å². The highest BCUT2D eigenvalue weighted by atomic mass is 79.9. The standard InChI is InChI=1S/C34H56BrN2.BrH/c35-27-19-15-11-7-3-1-6-10-14-18-24-34-26-22-30-37(32-34)29-20-16-12-8-4-2-5-9-13-17-23-33-25-21-28-36-31-33;/h21-22,25-26,28,30-32H,1-20,23-24,27,29H2;1H/q+1;/p-1. The lowest BCUT2D eigenvalue weighted by molar-refractivity contribution is -0.697. The summed E-state index contributed by atoms with van der Waals surface area (Å²) in [7, 11) is 0. The van der Waals surface area contributed by atoms with Crippen molar-refractivity contribution in [2.24, 2.45) is 0 Å². The largest absolute Gasteiger partial charge is 1.00 e. The third-order valence-corrected chi connectivity index (χ3v) is 8.18. The van der Waals surface area contributed by atoms with Crippen LogP contribution in [0.15, 0.2) is 49.1 Å². The molecule has 4 heteroatoms. The first-order valence-electron chi connectivity index (χ1n) is 15.8. The van der Waals surface area contributed by atoms with Crippen molar-refractivity contribution in [3.63, 3.8) is 0 Å². The molecule has 0 bridgehead atoms. The minimum Gasteiger partial charge on any atom is -1.00 e. The number of pyridine rings is 2. The number of unbranched alkanes of at least 4 members (excludes halogenated alkanes) is 18. The minimum absolute atomic E-state index is 0. The van der Waals surface area contributed by atoms with Gasteiger partial charge in [0.15, 0.2) is 12.4 Å². The summed E-state index contributed by atoms with van der Waals surface area (Å²) in [4.78, 5) is 4.20. The summed E-state index contributed by atoms with van der Waals surface area (Å²) in [6.07, 6.45) is 38.9. The quantitative estimate of drug-likeness (QED) is 0.0623. The normalized spacial score (nSPS) is 11.0. The summed E-state index contributed by atoms with van der Waals surface area (Å²) in [5, 5.41) is 1.17. The van der Waals surface area contributed by atoms with Crippen molar-refractivity contribution >= 4 is 15.9 Å². The number of aryl methyl sites for hydroxylation is 3. The summed E-state index contributed by atoms with van der Waals surface area (Å²) >= 11 is 3.52. The van der Waals surface area contributed by atoms with Crippen LogP contribution >= 0.6 is 15.9 Å². The Morgan fingerprint density at radius 1 is 0.553 bits per heavy atom. The smallest absolute Gasteiger partial charge is 0.171 e. The molecular formula is C34H56Br2N2. The number of halogens is 2. The molecule has 0 fully saturated rings. The zero-order valence-corrected chi connectivity index (χ0v) is 27.4. The van der Waals surface area contributed by atoms with Crippen LogP contribution in [0, 0.1) is 0 Å². The summed E-state index contributed by atoms with van der Waals surface area (Å²) in [6.45, 7) is 1.18. The van der Waals surface area contributed by atoms with Crippen LogP contribution in [0.3, 0.4) is 0 Å². The van der Waals surface area contributed by atoms with Crippen LogP contribution < -0.4 is 21.5 Å². The monoisotopic (exact) mass is 650 g/mol. The highest BCUT2D eigenvalue weighted by molar-refractivity contribution is 9.09. The Labute approximate surface area is 254 Å². The Morgan fingerprint density at radius 2 is 1.03 bits per heavy atom. The predicted octanol–water partition coefficient (Wildman–Crippen LogP) is 7.36. The van der Waals surface area contributed by atoms with E-state index in [9.17, 15) is 0 Å². The average Bonchev–Trinajstić information content (AvgIpc) is 2.93. The second-order valence-corrected chi connectivity index (χ2v) is 11.9. The molecule has 0 spiro atoms. The van der Waals surface area contributed by atoms with E-state index in [1.54, 1.807) is 0 Å². The zero-order valence-electron chi connectivity index (χ0n) is 24.2. The Hall–Kier alpha value is -0.740. The lowest BCUT2D eigenvalue weighted by Gasteiger charge is -2.04. The Morgan fingerprint density at radius 3 is 1.55 bits per heavy atom. The lowest BCUT2D eigenvalue weighted by atomic mass is 10.0. The predicted molar refractivity (Wildman–Crippen MR) is 164 cm³/mol. The van der Waals surface area contributed by atoms with E-state index in [4.69, 9.17) is 0 Å². The lowest BCUT2D eigenvalue weighted by Crippen LogP contribution is -3.00. The molecule has 2 aromatic rings. The topological polar surface area (TPSA) is 16.8 Å². The van der Waals surface area contributed by atoms with E-state index in [1.165, 1.54) is 164 Å². The molecule has 0 amide bonds. The van der Waals surface area contributed by atoms with Crippen LogP contribution in [0.5, 0.6) is 0 Å². The van der Waals surface area contributed by atoms with Crippen molar-refractivity contribution in [1.29, 1.82) is 0 Å². The van der Waals surface area contributed by atoms with Crippen molar-refractivity contribution in [3.8, 4) is 0 Å². The first-order valence-corrected chi connectivity index (χ1v) is 16.9. The van der Waals surface area contributed by atoms with Gasteiger partial charge in [-0.05, 0) is 56.2 Å². The van der Waals surface area contributed by atoms with E-state index < -0.39 is 0 Å². The Kier molecular flexibility index (Phi) is 24.6. The molecule has 2 aromatic heterocycles. The number of alkyl halides is 1. The molecule has 0 unspecified atom stereocenters. The fourth-order valence-electron chi connectivity index (χ4n) is 5.28. The highest BCUT2D eigenvalue weighted by Crippen LogP contribution is 2.14. The molecule has 0 atom stereocenters. The van der Waals surface area contributed by atoms with Crippen molar-refractivity contribution in [2.45, 2.75) is 148 Å². The van der Waals surface area contributed by atoms with E-state index >= 15 is 0 Å². The molecule has 0 aromatic carbocycles. The maximum Gasteiger partial charge on any atom is 0.171 e. The van der Waals surface area contributed by atoms with Gasteiger partial charge in [-0.15, -0.1) is 0 Å². The Bertz CT molecular complexity index is 753. The molecule has 0 aliphatic carbocycles. The molecule has 0 aliphatic rings. The molecule has 2 rings (SSSR count). The number of aromatic nitrogens is 2. The van der Waals surface area contributed by atoms with Gasteiger partial charge in [-0.3, -0.25) is 4.98 Å². The van der Waals surface area contributed by atoms with Gasteiger partial charge in [0.2, 0.25) is 0 Å². The van der Waals surface area contributed by atoms with Crippen molar-refractivity contribution < 1.29 is 21.5 Å². The molecule has 216 valence electrons. The third-order valence-electron chi connectivity index (χ3n) is 7.62. The van der Waals surface area contributed by atoms with E-state index in [-0.39, 0.29) is 17.0 Å². The molecule has 0 aliphatic heterocycles. The van der Waals surface area contributed by atoms with Crippen LogP contribution in [0.1, 0.15) is 140 Å². The van der Waals surface area contributed by atoms with Crippen LogP contribution in [0.4, 0.5) is 0 Å². The molecular weight excluding hydrogens is 596 g/mol. The fourth-order valence-corrected chi connectivity index (χ4v) is 5.68. The van der Waals surface area contributed by atoms with Crippen LogP contribution in [0.25, 0.3) is 0 Å². The molecule has 0 saturated carbocycles. The zero-order chi connectivity index (χ0) is 26.1. The second kappa shape index (κ2) is 26.5. The van der Waals surface area contributed by atoms with Gasteiger partial charge in [0.05, 0.1) is 0 Å². The van der Waals surface area contributed by atoms with Gasteiger partial charge in [-0.25, -0.2) is 4.57 Å². The molecule has 0 N–H and O–H groups in total. The summed E-state index contributed by atoms with van der Waals surface area (Å²) in [5.74, 6) is 0. The van der Waals surface area contributed by atoms with Gasteiger partial charge in [-0.2, -0.15) is 0 Å². The SMILES string of the molecule is BrCCCCCCCCCCCCc1ccc[n+](CCCCCCCCCCCCc2cccnc2)c1.[Br-]. The maximum atomic E-state index is 4.20. The number of hydrogen-bond acceptors (Lipinski definition) is 1.